The third kappa shape index (κ3) is 3.93. The molecular formula is C18H21N5OS. The second-order valence-corrected chi connectivity index (χ2v) is 7.11. The lowest BCUT2D eigenvalue weighted by molar-refractivity contribution is 0.0954. The van der Waals surface area contributed by atoms with Gasteiger partial charge in [-0.05, 0) is 18.4 Å². The van der Waals surface area contributed by atoms with Crippen molar-refractivity contribution in [2.75, 3.05) is 12.4 Å². The molecule has 6 nitrogen and oxygen atoms in total. The van der Waals surface area contributed by atoms with Gasteiger partial charge in [-0.1, -0.05) is 42.1 Å². The molecule has 0 N–H and O–H groups in total. The summed E-state index contributed by atoms with van der Waals surface area (Å²) in [5, 5.41) is 5.19. The van der Waals surface area contributed by atoms with Crippen LogP contribution >= 0.6 is 11.8 Å². The van der Waals surface area contributed by atoms with E-state index in [2.05, 4.69) is 43.9 Å². The summed E-state index contributed by atoms with van der Waals surface area (Å²) in [6.07, 6.45) is 7.84. The first-order valence-electron chi connectivity index (χ1n) is 8.58. The van der Waals surface area contributed by atoms with E-state index in [0.717, 1.165) is 49.1 Å². The van der Waals surface area contributed by atoms with E-state index < -0.39 is 0 Å². The Balaban J connectivity index is 1.53. The van der Waals surface area contributed by atoms with Gasteiger partial charge in [0.1, 0.15) is 12.7 Å². The fraction of sp³-hybridized carbons (Fsp3) is 0.389. The van der Waals surface area contributed by atoms with Crippen molar-refractivity contribution in [3.63, 3.8) is 0 Å². The van der Waals surface area contributed by atoms with Crippen molar-refractivity contribution < 1.29 is 4.74 Å². The minimum absolute atomic E-state index is 0.284. The topological polar surface area (TPSA) is 57.8 Å². The molecule has 1 saturated heterocycles. The monoisotopic (exact) mass is 355 g/mol. The summed E-state index contributed by atoms with van der Waals surface area (Å²) in [4.78, 5) is 8.66. The van der Waals surface area contributed by atoms with Gasteiger partial charge in [-0.2, -0.15) is 5.10 Å². The number of hydrogen-bond donors (Lipinski definition) is 0. The molecule has 0 bridgehead atoms. The molecule has 3 heterocycles. The summed E-state index contributed by atoms with van der Waals surface area (Å²) in [6, 6.07) is 10.4. The summed E-state index contributed by atoms with van der Waals surface area (Å²) in [5.41, 5.74) is 2.34. The normalized spacial score (nSPS) is 17.2. The summed E-state index contributed by atoms with van der Waals surface area (Å²) in [5.74, 6) is 0.903. The number of ether oxygens (including phenoxy) is 1. The van der Waals surface area contributed by atoms with Crippen LogP contribution in [0.4, 0.5) is 0 Å². The predicted octanol–water partition coefficient (Wildman–Crippen LogP) is 3.11. The van der Waals surface area contributed by atoms with E-state index in [4.69, 9.17) is 4.74 Å². The Hall–Kier alpha value is -2.12. The van der Waals surface area contributed by atoms with Crippen LogP contribution in [0.5, 0.6) is 0 Å². The van der Waals surface area contributed by atoms with Gasteiger partial charge in [0.2, 0.25) is 0 Å². The third-order valence-electron chi connectivity index (χ3n) is 4.32. The molecule has 4 rings (SSSR count). The van der Waals surface area contributed by atoms with Gasteiger partial charge in [0.25, 0.3) is 0 Å². The molecule has 0 saturated carbocycles. The molecule has 0 amide bonds. The maximum absolute atomic E-state index is 5.86. The van der Waals surface area contributed by atoms with E-state index >= 15 is 0 Å². The van der Waals surface area contributed by atoms with Gasteiger partial charge in [-0.3, -0.25) is 4.68 Å². The van der Waals surface area contributed by atoms with Crippen molar-refractivity contribution in [3.05, 3.63) is 49.2 Å². The molecule has 1 aliphatic heterocycles. The van der Waals surface area contributed by atoms with E-state index in [1.54, 1.807) is 24.4 Å². The average molecular weight is 355 g/mol. The third-order valence-corrected chi connectivity index (χ3v) is 5.29. The summed E-state index contributed by atoms with van der Waals surface area (Å²) >= 11 is 1.75. The lowest BCUT2D eigenvalue weighted by Gasteiger charge is -2.16. The molecule has 1 atom stereocenters. The van der Waals surface area contributed by atoms with Crippen LogP contribution < -0.4 is 0 Å². The number of hydrogen-bond acceptors (Lipinski definition) is 5. The molecule has 130 valence electrons. The highest BCUT2D eigenvalue weighted by atomic mass is 32.2. The van der Waals surface area contributed by atoms with Crippen molar-refractivity contribution >= 4 is 11.8 Å². The highest BCUT2D eigenvalue weighted by Gasteiger charge is 2.20. The molecule has 7 heteroatoms. The van der Waals surface area contributed by atoms with E-state index in [0.29, 0.717) is 0 Å². The van der Waals surface area contributed by atoms with Crippen LogP contribution in [0.15, 0.2) is 54.3 Å². The molecule has 3 aromatic rings. The molecule has 25 heavy (non-hydrogen) atoms. The number of thioether (sulfide) groups is 1. The molecule has 1 unspecified atom stereocenters. The minimum Gasteiger partial charge on any atom is -0.376 e. The summed E-state index contributed by atoms with van der Waals surface area (Å²) < 4.78 is 10.0. The van der Waals surface area contributed by atoms with E-state index in [9.17, 15) is 0 Å². The number of rotatable bonds is 7. The SMILES string of the molecule is c1ccc(-c2cnc(SCCn3cncn3)n2CC2CCCO2)cc1. The maximum Gasteiger partial charge on any atom is 0.168 e. The molecule has 0 aliphatic carbocycles. The second-order valence-electron chi connectivity index (χ2n) is 6.04. The van der Waals surface area contributed by atoms with Gasteiger partial charge in [0.05, 0.1) is 31.1 Å². The van der Waals surface area contributed by atoms with Gasteiger partial charge >= 0.3 is 0 Å². The molecule has 1 aliphatic rings. The summed E-state index contributed by atoms with van der Waals surface area (Å²) in [6.45, 7) is 2.54. The fourth-order valence-electron chi connectivity index (χ4n) is 3.06. The van der Waals surface area contributed by atoms with Gasteiger partial charge in [-0.25, -0.2) is 9.97 Å². The Morgan fingerprint density at radius 2 is 2.16 bits per heavy atom. The Morgan fingerprint density at radius 1 is 1.24 bits per heavy atom. The zero-order valence-corrected chi connectivity index (χ0v) is 14.8. The van der Waals surface area contributed by atoms with Crippen LogP contribution in [0.2, 0.25) is 0 Å². The highest BCUT2D eigenvalue weighted by molar-refractivity contribution is 7.99. The van der Waals surface area contributed by atoms with Crippen molar-refractivity contribution in [2.24, 2.45) is 0 Å². The van der Waals surface area contributed by atoms with Crippen molar-refractivity contribution in [3.8, 4) is 11.3 Å². The molecular weight excluding hydrogens is 334 g/mol. The number of aryl methyl sites for hydroxylation is 1. The first-order chi connectivity index (χ1) is 12.4. The molecule has 2 aromatic heterocycles. The van der Waals surface area contributed by atoms with E-state index in [1.165, 1.54) is 5.56 Å². The van der Waals surface area contributed by atoms with Crippen LogP contribution in [-0.4, -0.2) is 42.8 Å². The highest BCUT2D eigenvalue weighted by Crippen LogP contribution is 2.28. The van der Waals surface area contributed by atoms with Gasteiger partial charge in [0.15, 0.2) is 5.16 Å². The molecule has 1 fully saturated rings. The summed E-state index contributed by atoms with van der Waals surface area (Å²) in [7, 11) is 0. The molecule has 0 spiro atoms. The van der Waals surface area contributed by atoms with Crippen molar-refractivity contribution in [1.29, 1.82) is 0 Å². The van der Waals surface area contributed by atoms with E-state index in [1.807, 2.05) is 16.9 Å². The van der Waals surface area contributed by atoms with Crippen LogP contribution in [0, 0.1) is 0 Å². The van der Waals surface area contributed by atoms with Gasteiger partial charge in [0, 0.05) is 12.4 Å². The van der Waals surface area contributed by atoms with Gasteiger partial charge in [-0.15, -0.1) is 0 Å². The quantitative estimate of drug-likeness (QED) is 0.610. The van der Waals surface area contributed by atoms with Crippen LogP contribution in [0.3, 0.4) is 0 Å². The van der Waals surface area contributed by atoms with E-state index in [-0.39, 0.29) is 6.10 Å². The van der Waals surface area contributed by atoms with Crippen LogP contribution in [-0.2, 0) is 17.8 Å². The van der Waals surface area contributed by atoms with Crippen molar-refractivity contribution in [1.82, 2.24) is 24.3 Å². The zero-order chi connectivity index (χ0) is 16.9. The predicted molar refractivity (Wildman–Crippen MR) is 97.4 cm³/mol. The second kappa shape index (κ2) is 7.84. The smallest absolute Gasteiger partial charge is 0.168 e. The number of nitrogens with zero attached hydrogens (tertiary/aromatic N) is 5. The Bertz CT molecular complexity index is 781. The number of imidazole rings is 1. The zero-order valence-electron chi connectivity index (χ0n) is 14.0. The lowest BCUT2D eigenvalue weighted by atomic mass is 10.1. The number of benzene rings is 1. The van der Waals surface area contributed by atoms with Crippen LogP contribution in [0.1, 0.15) is 12.8 Å². The first kappa shape index (κ1) is 16.4. The molecule has 1 aromatic carbocycles. The molecule has 0 radical (unpaired) electrons. The lowest BCUT2D eigenvalue weighted by Crippen LogP contribution is -2.16. The largest absolute Gasteiger partial charge is 0.376 e. The minimum atomic E-state index is 0.284. The standard InChI is InChI=1S/C18H21N5OS/c1-2-5-15(6-3-1)17-11-20-18(23(17)12-16-7-4-9-24-16)25-10-8-22-14-19-13-21-22/h1-3,5-6,11,13-14,16H,4,7-10,12H2. The Kier molecular flexibility index (Phi) is 5.13. The first-order valence-corrected chi connectivity index (χ1v) is 9.56. The average Bonchev–Trinajstić information content (AvgIpc) is 3.39. The maximum atomic E-state index is 5.86. The number of aromatic nitrogens is 5. The Labute approximate surface area is 151 Å². The van der Waals surface area contributed by atoms with Crippen molar-refractivity contribution in [2.45, 2.75) is 37.2 Å². The Morgan fingerprint density at radius 3 is 2.92 bits per heavy atom. The van der Waals surface area contributed by atoms with Crippen LogP contribution in [0.25, 0.3) is 11.3 Å². The van der Waals surface area contributed by atoms with Gasteiger partial charge < -0.3 is 9.30 Å². The fourth-order valence-corrected chi connectivity index (χ4v) is 3.98.